The van der Waals surface area contributed by atoms with Gasteiger partial charge in [-0.05, 0) is 35.3 Å². The lowest BCUT2D eigenvalue weighted by atomic mass is 9.76. The summed E-state index contributed by atoms with van der Waals surface area (Å²) in [5, 5.41) is 0. The van der Waals surface area contributed by atoms with Crippen molar-refractivity contribution in [3.05, 3.63) is 29.3 Å². The normalized spacial score (nSPS) is 14.0. The van der Waals surface area contributed by atoms with E-state index in [9.17, 15) is 8.76 Å². The zero-order valence-electron chi connectivity index (χ0n) is 14.7. The summed E-state index contributed by atoms with van der Waals surface area (Å²) in [5.41, 5.74) is 2.57. The van der Waals surface area contributed by atoms with E-state index in [1.165, 1.54) is 5.56 Å². The Morgan fingerprint density at radius 1 is 1.09 bits per heavy atom. The van der Waals surface area contributed by atoms with E-state index >= 15 is 0 Å². The summed E-state index contributed by atoms with van der Waals surface area (Å²) >= 11 is -2.06. The average molecular weight is 325 g/mol. The van der Waals surface area contributed by atoms with Crippen LogP contribution in [0, 0.1) is 0 Å². The molecule has 4 heteroatoms. The van der Waals surface area contributed by atoms with E-state index in [-0.39, 0.29) is 23.2 Å². The maximum atomic E-state index is 10.7. The van der Waals surface area contributed by atoms with Gasteiger partial charge in [0.25, 0.3) is 0 Å². The molecule has 0 saturated heterocycles. The van der Waals surface area contributed by atoms with E-state index in [1.54, 1.807) is 0 Å². The van der Waals surface area contributed by atoms with Gasteiger partial charge in [0.1, 0.15) is 5.75 Å². The minimum Gasteiger partial charge on any atom is -0.772 e. The summed E-state index contributed by atoms with van der Waals surface area (Å²) in [4.78, 5) is 0. The summed E-state index contributed by atoms with van der Waals surface area (Å²) in [7, 11) is 0. The molecule has 0 aromatic heterocycles. The number of ether oxygens (including phenoxy) is 1. The molecule has 1 rings (SSSR count). The van der Waals surface area contributed by atoms with Gasteiger partial charge in [0.2, 0.25) is 0 Å². The molecular weight excluding hydrogens is 296 g/mol. The highest BCUT2D eigenvalue weighted by Gasteiger charge is 2.26. The third-order valence-corrected chi connectivity index (χ3v) is 5.27. The van der Waals surface area contributed by atoms with Crippen molar-refractivity contribution in [2.24, 2.45) is 0 Å². The molecule has 0 spiro atoms. The Hall–Kier alpha value is -0.870. The second kappa shape index (κ2) is 7.60. The Labute approximate surface area is 137 Å². The van der Waals surface area contributed by atoms with Gasteiger partial charge in [-0.25, -0.2) is 0 Å². The molecule has 0 amide bonds. The van der Waals surface area contributed by atoms with Crippen molar-refractivity contribution in [3.8, 4) is 5.75 Å². The first kappa shape index (κ1) is 19.2. The van der Waals surface area contributed by atoms with E-state index < -0.39 is 11.1 Å². The van der Waals surface area contributed by atoms with Crippen molar-refractivity contribution in [1.82, 2.24) is 0 Å². The van der Waals surface area contributed by atoms with E-state index in [2.05, 4.69) is 53.7 Å². The van der Waals surface area contributed by atoms with Crippen LogP contribution in [0.5, 0.6) is 5.75 Å². The molecule has 3 nitrogen and oxygen atoms in total. The molecule has 1 atom stereocenters. The minimum absolute atomic E-state index is 0.00815. The molecule has 0 saturated carbocycles. The Bertz CT molecular complexity index is 521. The molecule has 0 heterocycles. The Balaban J connectivity index is 3.19. The Kier molecular flexibility index (Phi) is 6.63. The van der Waals surface area contributed by atoms with Gasteiger partial charge in [0.15, 0.2) is 0 Å². The standard InChI is InChI=1S/C18H30O3S/c1-7-17(3,4)14-9-10-16(21-11-12-22(19)20)15(13-14)18(5,6)8-2/h9-10,13H,7-8,11-12H2,1-6H3,(H,19,20)/p-1. The quantitative estimate of drug-likeness (QED) is 0.669. The maximum Gasteiger partial charge on any atom is 0.123 e. The van der Waals surface area contributed by atoms with Gasteiger partial charge in [-0.3, -0.25) is 4.21 Å². The van der Waals surface area contributed by atoms with Crippen molar-refractivity contribution < 1.29 is 13.5 Å². The molecule has 126 valence electrons. The molecule has 0 fully saturated rings. The van der Waals surface area contributed by atoms with Crippen molar-refractivity contribution in [1.29, 1.82) is 0 Å². The lowest BCUT2D eigenvalue weighted by molar-refractivity contribution is 0.325. The van der Waals surface area contributed by atoms with Crippen molar-refractivity contribution in [3.63, 3.8) is 0 Å². The zero-order valence-corrected chi connectivity index (χ0v) is 15.5. The lowest BCUT2D eigenvalue weighted by Gasteiger charge is -2.30. The molecule has 1 aromatic carbocycles. The maximum absolute atomic E-state index is 10.7. The SMILES string of the molecule is CCC(C)(C)c1ccc(OCCS(=O)[O-])c(C(C)(C)CC)c1. The van der Waals surface area contributed by atoms with Crippen LogP contribution in [0.1, 0.15) is 65.5 Å². The first-order valence-electron chi connectivity index (χ1n) is 7.97. The van der Waals surface area contributed by atoms with Crippen LogP contribution in [-0.4, -0.2) is 21.1 Å². The Morgan fingerprint density at radius 2 is 1.68 bits per heavy atom. The van der Waals surface area contributed by atoms with Gasteiger partial charge in [0, 0.05) is 11.3 Å². The van der Waals surface area contributed by atoms with Crippen LogP contribution >= 0.6 is 0 Å². The third kappa shape index (κ3) is 4.82. The first-order valence-corrected chi connectivity index (χ1v) is 9.22. The van der Waals surface area contributed by atoms with Gasteiger partial charge >= 0.3 is 0 Å². The fourth-order valence-corrected chi connectivity index (χ4v) is 2.44. The minimum atomic E-state index is -2.06. The van der Waals surface area contributed by atoms with Crippen LogP contribution in [0.2, 0.25) is 0 Å². The van der Waals surface area contributed by atoms with Gasteiger partial charge < -0.3 is 9.29 Å². The summed E-state index contributed by atoms with van der Waals surface area (Å²) in [5.74, 6) is 0.821. The summed E-state index contributed by atoms with van der Waals surface area (Å²) in [6.45, 7) is 13.4. The van der Waals surface area contributed by atoms with Crippen LogP contribution in [0.4, 0.5) is 0 Å². The fourth-order valence-electron chi connectivity index (χ4n) is 2.22. The van der Waals surface area contributed by atoms with Gasteiger partial charge in [-0.15, -0.1) is 0 Å². The van der Waals surface area contributed by atoms with E-state index in [0.29, 0.717) is 0 Å². The molecule has 1 aromatic rings. The molecule has 0 aliphatic carbocycles. The highest BCUT2D eigenvalue weighted by atomic mass is 32.2. The summed E-state index contributed by atoms with van der Waals surface area (Å²) in [6.07, 6.45) is 2.06. The molecule has 22 heavy (non-hydrogen) atoms. The molecule has 1 unspecified atom stereocenters. The monoisotopic (exact) mass is 325 g/mol. The second-order valence-electron chi connectivity index (χ2n) is 7.04. The number of hydrogen-bond donors (Lipinski definition) is 0. The van der Waals surface area contributed by atoms with Gasteiger partial charge in [0.05, 0.1) is 6.61 Å². The van der Waals surface area contributed by atoms with E-state index in [0.717, 1.165) is 24.2 Å². The highest BCUT2D eigenvalue weighted by molar-refractivity contribution is 7.79. The van der Waals surface area contributed by atoms with E-state index in [4.69, 9.17) is 4.74 Å². The summed E-state index contributed by atoms with van der Waals surface area (Å²) in [6, 6.07) is 6.33. The van der Waals surface area contributed by atoms with Crippen LogP contribution < -0.4 is 4.74 Å². The lowest BCUT2D eigenvalue weighted by Crippen LogP contribution is -2.21. The Morgan fingerprint density at radius 3 is 2.18 bits per heavy atom. The van der Waals surface area contributed by atoms with Gasteiger partial charge in [-0.1, -0.05) is 64.8 Å². The first-order chi connectivity index (χ1) is 10.1. The van der Waals surface area contributed by atoms with Crippen molar-refractivity contribution >= 4 is 11.1 Å². The smallest absolute Gasteiger partial charge is 0.123 e. The second-order valence-corrected chi connectivity index (χ2v) is 8.06. The third-order valence-electron chi connectivity index (χ3n) is 4.77. The average Bonchev–Trinajstić information content (AvgIpc) is 2.46. The molecular formula is C18H29O3S-. The van der Waals surface area contributed by atoms with Crippen molar-refractivity contribution in [2.45, 2.75) is 65.2 Å². The van der Waals surface area contributed by atoms with Crippen molar-refractivity contribution in [2.75, 3.05) is 12.4 Å². The zero-order chi connectivity index (χ0) is 17.0. The predicted octanol–water partition coefficient (Wildman–Crippen LogP) is 4.32. The highest BCUT2D eigenvalue weighted by Crippen LogP contribution is 2.38. The number of benzene rings is 1. The topological polar surface area (TPSA) is 49.4 Å². The van der Waals surface area contributed by atoms with Crippen LogP contribution in [-0.2, 0) is 21.9 Å². The number of rotatable bonds is 8. The summed E-state index contributed by atoms with van der Waals surface area (Å²) < 4.78 is 27.1. The molecule has 0 aliphatic rings. The molecule has 0 bridgehead atoms. The predicted molar refractivity (Wildman–Crippen MR) is 92.4 cm³/mol. The van der Waals surface area contributed by atoms with Crippen LogP contribution in [0.15, 0.2) is 18.2 Å². The molecule has 0 aliphatic heterocycles. The fraction of sp³-hybridized carbons (Fsp3) is 0.667. The van der Waals surface area contributed by atoms with Gasteiger partial charge in [-0.2, -0.15) is 0 Å². The molecule has 0 N–H and O–H groups in total. The largest absolute Gasteiger partial charge is 0.772 e. The molecule has 0 radical (unpaired) electrons. The number of hydrogen-bond acceptors (Lipinski definition) is 3. The van der Waals surface area contributed by atoms with Crippen LogP contribution in [0.25, 0.3) is 0 Å². The van der Waals surface area contributed by atoms with Crippen LogP contribution in [0.3, 0.4) is 0 Å². The van der Waals surface area contributed by atoms with E-state index in [1.807, 2.05) is 6.07 Å².